The quantitative estimate of drug-likeness (QED) is 0.851. The van der Waals surface area contributed by atoms with E-state index in [0.29, 0.717) is 17.6 Å². The minimum absolute atomic E-state index is 0.0508. The van der Waals surface area contributed by atoms with Crippen LogP contribution in [0.25, 0.3) is 10.9 Å². The summed E-state index contributed by atoms with van der Waals surface area (Å²) in [6.45, 7) is 0. The van der Waals surface area contributed by atoms with Gasteiger partial charge in [0, 0.05) is 0 Å². The number of hydrogen-bond donors (Lipinski definition) is 0. The molecule has 0 bridgehead atoms. The van der Waals surface area contributed by atoms with Crippen LogP contribution in [0.1, 0.15) is 37.8 Å². The maximum Gasteiger partial charge on any atom is 0.295 e. The van der Waals surface area contributed by atoms with Crippen molar-refractivity contribution in [2.24, 2.45) is 0 Å². The number of hydrogen-bond acceptors (Lipinski definition) is 3. The Hall–Kier alpha value is -1.17. The number of nitrogens with zero attached hydrogens (tertiary/aromatic N) is 4. The first kappa shape index (κ1) is 9.82. The van der Waals surface area contributed by atoms with E-state index in [1.54, 1.807) is 10.9 Å². The van der Waals surface area contributed by atoms with Gasteiger partial charge in [0.15, 0.2) is 5.52 Å². The fourth-order valence-electron chi connectivity index (χ4n) is 2.12. The van der Waals surface area contributed by atoms with E-state index < -0.39 is 0 Å². The van der Waals surface area contributed by atoms with E-state index in [-0.39, 0.29) is 5.56 Å². The monoisotopic (exact) mass is 294 g/mol. The summed E-state index contributed by atoms with van der Waals surface area (Å²) in [6.07, 6.45) is 6.17. The lowest BCUT2D eigenvalue weighted by atomic mass is 10.4. The largest absolute Gasteiger partial charge is 0.295 e. The molecule has 0 unspecified atom stereocenters. The summed E-state index contributed by atoms with van der Waals surface area (Å²) in [7, 11) is 0. The van der Waals surface area contributed by atoms with Crippen LogP contribution in [0.4, 0.5) is 0 Å². The topological polar surface area (TPSA) is 52.7 Å². The molecule has 2 fully saturated rings. The van der Waals surface area contributed by atoms with Gasteiger partial charge in [-0.1, -0.05) is 0 Å². The van der Waals surface area contributed by atoms with Crippen molar-refractivity contribution >= 4 is 26.8 Å². The van der Waals surface area contributed by atoms with E-state index in [1.165, 1.54) is 0 Å². The fraction of sp³-hybridized carbons (Fsp3) is 0.545. The summed E-state index contributed by atoms with van der Waals surface area (Å²) in [5, 5.41) is 9.52. The lowest BCUT2D eigenvalue weighted by Crippen LogP contribution is -2.21. The number of aromatic nitrogens is 4. The second-order valence-electron chi connectivity index (χ2n) is 4.85. The smallest absolute Gasteiger partial charge is 0.265 e. The highest BCUT2D eigenvalue weighted by Crippen LogP contribution is 2.39. The third kappa shape index (κ3) is 1.40. The van der Waals surface area contributed by atoms with Gasteiger partial charge in [0.25, 0.3) is 5.56 Å². The van der Waals surface area contributed by atoms with Crippen LogP contribution in [-0.2, 0) is 0 Å². The molecule has 2 aliphatic carbocycles. The Morgan fingerprint density at radius 3 is 2.47 bits per heavy atom. The Bertz CT molecular complexity index is 666. The van der Waals surface area contributed by atoms with Gasteiger partial charge in [-0.3, -0.25) is 9.48 Å². The molecule has 0 spiro atoms. The molecule has 0 amide bonds. The first-order valence-electron chi connectivity index (χ1n) is 5.91. The van der Waals surface area contributed by atoms with E-state index in [9.17, 15) is 4.79 Å². The zero-order valence-corrected chi connectivity index (χ0v) is 10.7. The van der Waals surface area contributed by atoms with Crippen LogP contribution in [-0.4, -0.2) is 19.6 Å². The summed E-state index contributed by atoms with van der Waals surface area (Å²) >= 11 is 3.52. The van der Waals surface area contributed by atoms with Gasteiger partial charge in [0.1, 0.15) is 4.60 Å². The van der Waals surface area contributed by atoms with E-state index in [1.807, 2.05) is 4.68 Å². The second kappa shape index (κ2) is 3.19. The summed E-state index contributed by atoms with van der Waals surface area (Å²) < 4.78 is 4.40. The van der Waals surface area contributed by atoms with Crippen molar-refractivity contribution in [3.05, 3.63) is 21.2 Å². The minimum Gasteiger partial charge on any atom is -0.265 e. The van der Waals surface area contributed by atoms with Crippen molar-refractivity contribution in [1.29, 1.82) is 0 Å². The molecule has 0 N–H and O–H groups in total. The molecule has 5 nitrogen and oxygen atoms in total. The molecule has 2 heterocycles. The van der Waals surface area contributed by atoms with Crippen LogP contribution in [0.15, 0.2) is 15.6 Å². The van der Waals surface area contributed by atoms with Crippen molar-refractivity contribution in [2.45, 2.75) is 37.8 Å². The maximum absolute atomic E-state index is 12.2. The highest BCUT2D eigenvalue weighted by Gasteiger charge is 2.30. The Balaban J connectivity index is 2.00. The zero-order valence-electron chi connectivity index (χ0n) is 9.14. The molecule has 6 heteroatoms. The standard InChI is InChI=1S/C11H11BrN4O/c12-10-8-5-13-16(7-3-4-7)11(17)9(8)14-15(10)6-1-2-6/h5-7H,1-4H2. The zero-order chi connectivity index (χ0) is 11.6. The van der Waals surface area contributed by atoms with Crippen molar-refractivity contribution in [1.82, 2.24) is 19.6 Å². The summed E-state index contributed by atoms with van der Waals surface area (Å²) in [4.78, 5) is 12.2. The summed E-state index contributed by atoms with van der Waals surface area (Å²) in [5.41, 5.74) is 0.496. The molecule has 2 aromatic heterocycles. The molecule has 0 aliphatic heterocycles. The molecule has 88 valence electrons. The van der Waals surface area contributed by atoms with Crippen LogP contribution in [0.5, 0.6) is 0 Å². The van der Waals surface area contributed by atoms with Crippen LogP contribution in [0, 0.1) is 0 Å². The van der Waals surface area contributed by atoms with E-state index >= 15 is 0 Å². The molecule has 0 aromatic carbocycles. The predicted molar refractivity (Wildman–Crippen MR) is 66.0 cm³/mol. The Labute approximate surface area is 106 Å². The number of rotatable bonds is 2. The third-order valence-corrected chi connectivity index (χ3v) is 4.18. The van der Waals surface area contributed by atoms with Gasteiger partial charge in [-0.2, -0.15) is 10.2 Å². The van der Waals surface area contributed by atoms with Crippen LogP contribution in [0.2, 0.25) is 0 Å². The van der Waals surface area contributed by atoms with Crippen molar-refractivity contribution in [3.63, 3.8) is 0 Å². The van der Waals surface area contributed by atoms with E-state index in [0.717, 1.165) is 35.7 Å². The SMILES string of the molecule is O=c1c2nn(C3CC3)c(Br)c2cnn1C1CC1. The van der Waals surface area contributed by atoms with Gasteiger partial charge in [0.2, 0.25) is 0 Å². The molecule has 0 radical (unpaired) electrons. The molecular formula is C11H11BrN4O. The highest BCUT2D eigenvalue weighted by atomic mass is 79.9. The average Bonchev–Trinajstić information content (AvgIpc) is 3.20. The maximum atomic E-state index is 12.2. The minimum atomic E-state index is -0.0508. The van der Waals surface area contributed by atoms with Crippen LogP contribution >= 0.6 is 15.9 Å². The summed E-state index contributed by atoms with van der Waals surface area (Å²) in [6, 6.07) is 0.766. The summed E-state index contributed by atoms with van der Waals surface area (Å²) in [5.74, 6) is 0. The molecular weight excluding hydrogens is 284 g/mol. The number of halogens is 1. The molecule has 2 aromatic rings. The average molecular weight is 295 g/mol. The van der Waals surface area contributed by atoms with Crippen LogP contribution < -0.4 is 5.56 Å². The lowest BCUT2D eigenvalue weighted by Gasteiger charge is -1.99. The van der Waals surface area contributed by atoms with E-state index in [4.69, 9.17) is 0 Å². The van der Waals surface area contributed by atoms with Gasteiger partial charge >= 0.3 is 0 Å². The third-order valence-electron chi connectivity index (χ3n) is 3.39. The Morgan fingerprint density at radius 2 is 1.82 bits per heavy atom. The first-order valence-corrected chi connectivity index (χ1v) is 6.70. The number of fused-ring (bicyclic) bond motifs is 1. The van der Waals surface area contributed by atoms with Crippen LogP contribution in [0.3, 0.4) is 0 Å². The van der Waals surface area contributed by atoms with Gasteiger partial charge in [-0.25, -0.2) is 4.68 Å². The van der Waals surface area contributed by atoms with Gasteiger partial charge < -0.3 is 0 Å². The Kier molecular flexibility index (Phi) is 1.84. The van der Waals surface area contributed by atoms with E-state index in [2.05, 4.69) is 26.1 Å². The van der Waals surface area contributed by atoms with Crippen molar-refractivity contribution in [2.75, 3.05) is 0 Å². The lowest BCUT2D eigenvalue weighted by molar-refractivity contribution is 0.601. The Morgan fingerprint density at radius 1 is 1.18 bits per heavy atom. The predicted octanol–water partition coefficient (Wildman–Crippen LogP) is 2.03. The fourth-order valence-corrected chi connectivity index (χ4v) is 2.78. The molecule has 17 heavy (non-hydrogen) atoms. The van der Waals surface area contributed by atoms with Crippen molar-refractivity contribution in [3.8, 4) is 0 Å². The molecule has 0 saturated heterocycles. The molecule has 0 atom stereocenters. The van der Waals surface area contributed by atoms with Crippen molar-refractivity contribution < 1.29 is 0 Å². The van der Waals surface area contributed by atoms with Gasteiger partial charge in [0.05, 0.1) is 23.7 Å². The van der Waals surface area contributed by atoms with Gasteiger partial charge in [-0.05, 0) is 41.6 Å². The first-order chi connectivity index (χ1) is 8.25. The normalized spacial score (nSPS) is 20.1. The molecule has 2 aliphatic rings. The molecule has 4 rings (SSSR count). The second-order valence-corrected chi connectivity index (χ2v) is 5.61. The van der Waals surface area contributed by atoms with Gasteiger partial charge in [-0.15, -0.1) is 0 Å². The highest BCUT2D eigenvalue weighted by molar-refractivity contribution is 9.10. The molecule has 2 saturated carbocycles.